The molecule has 19 heavy (non-hydrogen) atoms. The van der Waals surface area contributed by atoms with Crippen LogP contribution in [0.2, 0.25) is 0 Å². The van der Waals surface area contributed by atoms with Crippen LogP contribution in [0.25, 0.3) is 0 Å². The highest BCUT2D eigenvalue weighted by atomic mass is 16.5. The Morgan fingerprint density at radius 3 is 2.26 bits per heavy atom. The molecule has 0 aliphatic heterocycles. The van der Waals surface area contributed by atoms with E-state index in [4.69, 9.17) is 24.7 Å². The molecule has 0 radical (unpaired) electrons. The molecule has 0 aliphatic carbocycles. The third kappa shape index (κ3) is 4.96. The van der Waals surface area contributed by atoms with Crippen LogP contribution in [0.15, 0.2) is 18.2 Å². The normalized spacial score (nSPS) is 12.0. The third-order valence-electron chi connectivity index (χ3n) is 2.65. The number of ether oxygens (including phenoxy) is 4. The molecular formula is C14H23NO4. The van der Waals surface area contributed by atoms with E-state index in [9.17, 15) is 0 Å². The lowest BCUT2D eigenvalue weighted by Crippen LogP contribution is -2.21. The van der Waals surface area contributed by atoms with Gasteiger partial charge in [-0.15, -0.1) is 0 Å². The van der Waals surface area contributed by atoms with Crippen molar-refractivity contribution in [1.82, 2.24) is 0 Å². The molecule has 2 N–H and O–H groups in total. The van der Waals surface area contributed by atoms with Crippen molar-refractivity contribution in [2.75, 3.05) is 34.0 Å². The first-order valence-electron chi connectivity index (χ1n) is 6.38. The monoisotopic (exact) mass is 269 g/mol. The summed E-state index contributed by atoms with van der Waals surface area (Å²) in [7, 11) is 3.21. The first-order valence-corrected chi connectivity index (χ1v) is 6.38. The van der Waals surface area contributed by atoms with Crippen LogP contribution < -0.4 is 19.9 Å². The first-order chi connectivity index (χ1) is 9.22. The van der Waals surface area contributed by atoms with Gasteiger partial charge in [-0.2, -0.15) is 0 Å². The maximum atomic E-state index is 5.70. The number of methoxy groups -OCH3 is 2. The number of hydrogen-bond donors (Lipinski definition) is 1. The van der Waals surface area contributed by atoms with E-state index in [0.717, 1.165) is 6.42 Å². The molecule has 1 unspecified atom stereocenters. The van der Waals surface area contributed by atoms with Crippen LogP contribution in [-0.4, -0.2) is 40.1 Å². The predicted octanol–water partition coefficient (Wildman–Crippen LogP) is 1.84. The lowest BCUT2D eigenvalue weighted by atomic mass is 10.3. The molecule has 1 rings (SSSR count). The minimum Gasteiger partial charge on any atom is -0.493 e. The Bertz CT molecular complexity index is 348. The lowest BCUT2D eigenvalue weighted by Gasteiger charge is -2.14. The summed E-state index contributed by atoms with van der Waals surface area (Å²) in [6, 6.07) is 5.53. The Labute approximate surface area is 114 Å². The Hall–Kier alpha value is -1.46. The molecule has 0 saturated carbocycles. The van der Waals surface area contributed by atoms with Crippen LogP contribution >= 0.6 is 0 Å². The minimum absolute atomic E-state index is 0.0841. The molecule has 1 atom stereocenters. The Morgan fingerprint density at radius 2 is 1.74 bits per heavy atom. The molecule has 5 nitrogen and oxygen atoms in total. The average molecular weight is 269 g/mol. The molecule has 0 heterocycles. The topological polar surface area (TPSA) is 62.9 Å². The second kappa shape index (κ2) is 8.61. The summed E-state index contributed by atoms with van der Waals surface area (Å²) in [6.07, 6.45) is 0.867. The van der Waals surface area contributed by atoms with Crippen LogP contribution in [0.5, 0.6) is 17.2 Å². The van der Waals surface area contributed by atoms with Crippen molar-refractivity contribution in [2.45, 2.75) is 19.4 Å². The summed E-state index contributed by atoms with van der Waals surface area (Å²) in [4.78, 5) is 0. The fraction of sp³-hybridized carbons (Fsp3) is 0.571. The number of hydrogen-bond acceptors (Lipinski definition) is 5. The Kier molecular flexibility index (Phi) is 7.07. The summed E-state index contributed by atoms with van der Waals surface area (Å²) in [5.74, 6) is 1.95. The van der Waals surface area contributed by atoms with Gasteiger partial charge in [-0.05, 0) is 19.1 Å². The zero-order valence-corrected chi connectivity index (χ0v) is 11.8. The van der Waals surface area contributed by atoms with E-state index in [0.29, 0.717) is 37.0 Å². The molecule has 0 amide bonds. The Morgan fingerprint density at radius 1 is 1.11 bits per heavy atom. The highest BCUT2D eigenvalue weighted by molar-refractivity contribution is 5.51. The highest BCUT2D eigenvalue weighted by Gasteiger charge is 2.10. The van der Waals surface area contributed by atoms with Crippen molar-refractivity contribution in [3.8, 4) is 17.2 Å². The first kappa shape index (κ1) is 15.6. The van der Waals surface area contributed by atoms with Gasteiger partial charge < -0.3 is 24.7 Å². The summed E-state index contributed by atoms with van der Waals surface area (Å²) in [5, 5.41) is 0. The summed E-state index contributed by atoms with van der Waals surface area (Å²) >= 11 is 0. The molecule has 1 aromatic rings. The van der Waals surface area contributed by atoms with Crippen molar-refractivity contribution in [2.24, 2.45) is 5.73 Å². The number of para-hydroxylation sites is 1. The zero-order valence-electron chi connectivity index (χ0n) is 11.8. The molecule has 0 spiro atoms. The molecule has 1 aromatic carbocycles. The van der Waals surface area contributed by atoms with E-state index in [1.807, 2.05) is 25.1 Å². The van der Waals surface area contributed by atoms with Crippen molar-refractivity contribution in [3.63, 3.8) is 0 Å². The standard InChI is InChI=1S/C14H23NO4/c1-11(10-15)18-8-5-9-19-14-12(16-2)6-4-7-13(14)17-3/h4,6-7,11H,5,8-10,15H2,1-3H3. The van der Waals surface area contributed by atoms with Crippen molar-refractivity contribution >= 4 is 0 Å². The van der Waals surface area contributed by atoms with Gasteiger partial charge in [-0.3, -0.25) is 0 Å². The predicted molar refractivity (Wildman–Crippen MR) is 74.1 cm³/mol. The fourth-order valence-corrected chi connectivity index (χ4v) is 1.55. The maximum Gasteiger partial charge on any atom is 0.203 e. The van der Waals surface area contributed by atoms with Gasteiger partial charge in [0.2, 0.25) is 5.75 Å². The molecule has 0 aromatic heterocycles. The van der Waals surface area contributed by atoms with E-state index in [1.54, 1.807) is 14.2 Å². The smallest absolute Gasteiger partial charge is 0.203 e. The number of benzene rings is 1. The van der Waals surface area contributed by atoms with Gasteiger partial charge in [0.15, 0.2) is 11.5 Å². The van der Waals surface area contributed by atoms with Crippen molar-refractivity contribution in [3.05, 3.63) is 18.2 Å². The molecule has 0 fully saturated rings. The maximum absolute atomic E-state index is 5.70. The molecule has 108 valence electrons. The molecule has 0 saturated heterocycles. The van der Waals surface area contributed by atoms with Crippen LogP contribution in [0, 0.1) is 0 Å². The number of nitrogens with two attached hydrogens (primary N) is 1. The van der Waals surface area contributed by atoms with Crippen LogP contribution in [0.4, 0.5) is 0 Å². The zero-order chi connectivity index (χ0) is 14.1. The highest BCUT2D eigenvalue weighted by Crippen LogP contribution is 2.36. The largest absolute Gasteiger partial charge is 0.493 e. The SMILES string of the molecule is COc1cccc(OC)c1OCCCOC(C)CN. The van der Waals surface area contributed by atoms with Gasteiger partial charge in [-0.25, -0.2) is 0 Å². The van der Waals surface area contributed by atoms with Crippen molar-refractivity contribution in [1.29, 1.82) is 0 Å². The van der Waals surface area contributed by atoms with Crippen LogP contribution in [0.1, 0.15) is 13.3 Å². The average Bonchev–Trinajstić information content (AvgIpc) is 2.46. The van der Waals surface area contributed by atoms with Crippen LogP contribution in [-0.2, 0) is 4.74 Å². The van der Waals surface area contributed by atoms with Crippen LogP contribution in [0.3, 0.4) is 0 Å². The summed E-state index contributed by atoms with van der Waals surface area (Å²) in [5.41, 5.74) is 5.46. The van der Waals surface area contributed by atoms with Gasteiger partial charge in [-0.1, -0.05) is 6.07 Å². The fourth-order valence-electron chi connectivity index (χ4n) is 1.55. The Balaban J connectivity index is 2.44. The van der Waals surface area contributed by atoms with E-state index >= 15 is 0 Å². The quantitative estimate of drug-likeness (QED) is 0.693. The second-order valence-electron chi connectivity index (χ2n) is 4.11. The third-order valence-corrected chi connectivity index (χ3v) is 2.65. The van der Waals surface area contributed by atoms with E-state index in [2.05, 4.69) is 0 Å². The molecule has 0 aliphatic rings. The lowest BCUT2D eigenvalue weighted by molar-refractivity contribution is 0.0626. The minimum atomic E-state index is 0.0841. The van der Waals surface area contributed by atoms with Crippen molar-refractivity contribution < 1.29 is 18.9 Å². The van der Waals surface area contributed by atoms with Gasteiger partial charge in [0.05, 0.1) is 33.5 Å². The molecular weight excluding hydrogens is 246 g/mol. The van der Waals surface area contributed by atoms with E-state index in [-0.39, 0.29) is 6.10 Å². The van der Waals surface area contributed by atoms with Gasteiger partial charge >= 0.3 is 0 Å². The van der Waals surface area contributed by atoms with Gasteiger partial charge in [0.1, 0.15) is 0 Å². The van der Waals surface area contributed by atoms with E-state index < -0.39 is 0 Å². The second-order valence-corrected chi connectivity index (χ2v) is 4.11. The van der Waals surface area contributed by atoms with Gasteiger partial charge in [0.25, 0.3) is 0 Å². The van der Waals surface area contributed by atoms with Gasteiger partial charge in [0, 0.05) is 13.0 Å². The summed E-state index contributed by atoms with van der Waals surface area (Å²) in [6.45, 7) is 3.63. The summed E-state index contributed by atoms with van der Waals surface area (Å²) < 4.78 is 21.7. The number of rotatable bonds is 9. The molecule has 5 heteroatoms. The molecule has 0 bridgehead atoms. The van der Waals surface area contributed by atoms with E-state index in [1.165, 1.54) is 0 Å².